The number of aliphatic hydroxyl groups is 1. The van der Waals surface area contributed by atoms with Gasteiger partial charge in [0.05, 0.1) is 0 Å². The predicted molar refractivity (Wildman–Crippen MR) is 63.0 cm³/mol. The zero-order chi connectivity index (χ0) is 12.1. The lowest BCUT2D eigenvalue weighted by Crippen LogP contribution is -1.98. The van der Waals surface area contributed by atoms with Gasteiger partial charge in [0.25, 0.3) is 0 Å². The maximum absolute atomic E-state index is 11.7. The van der Waals surface area contributed by atoms with Gasteiger partial charge in [-0.25, -0.2) is 0 Å². The number of nitriles is 1. The Morgan fingerprint density at radius 3 is 2.56 bits per heavy atom. The minimum absolute atomic E-state index is 0.201. The van der Waals surface area contributed by atoms with Crippen LogP contribution in [-0.4, -0.2) is 10.2 Å². The normalized spacial score (nSPS) is 11.6. The van der Waals surface area contributed by atoms with Gasteiger partial charge in [0.15, 0.2) is 0 Å². The SMILES string of the molecule is C/C(O)=C(\C#N)C(=O)Sc1ccccc1C. The fourth-order valence-electron chi connectivity index (χ4n) is 1.10. The van der Waals surface area contributed by atoms with Crippen LogP contribution in [0.25, 0.3) is 0 Å². The van der Waals surface area contributed by atoms with Crippen LogP contribution in [0.5, 0.6) is 0 Å². The Hall–Kier alpha value is -1.73. The molecule has 1 aromatic rings. The molecule has 0 unspecified atom stereocenters. The fourth-order valence-corrected chi connectivity index (χ4v) is 1.97. The molecule has 4 heteroatoms. The summed E-state index contributed by atoms with van der Waals surface area (Å²) in [6.45, 7) is 3.21. The molecule has 82 valence electrons. The highest BCUT2D eigenvalue weighted by Crippen LogP contribution is 2.25. The van der Waals surface area contributed by atoms with E-state index in [0.717, 1.165) is 22.2 Å². The summed E-state index contributed by atoms with van der Waals surface area (Å²) in [7, 11) is 0. The van der Waals surface area contributed by atoms with Crippen molar-refractivity contribution < 1.29 is 9.90 Å². The van der Waals surface area contributed by atoms with Gasteiger partial charge in [-0.05, 0) is 37.2 Å². The van der Waals surface area contributed by atoms with Crippen molar-refractivity contribution in [3.63, 3.8) is 0 Å². The molecule has 0 aliphatic rings. The molecule has 0 aromatic heterocycles. The van der Waals surface area contributed by atoms with Crippen molar-refractivity contribution in [3.8, 4) is 6.07 Å². The summed E-state index contributed by atoms with van der Waals surface area (Å²) < 4.78 is 0. The van der Waals surface area contributed by atoms with E-state index in [9.17, 15) is 4.79 Å². The number of aryl methyl sites for hydroxylation is 1. The molecule has 0 fully saturated rings. The second-order valence-electron chi connectivity index (χ2n) is 3.23. The Labute approximate surface area is 98.4 Å². The first-order chi connectivity index (χ1) is 7.56. The number of rotatable bonds is 2. The zero-order valence-electron chi connectivity index (χ0n) is 9.02. The van der Waals surface area contributed by atoms with Gasteiger partial charge in [-0.2, -0.15) is 5.26 Å². The summed E-state index contributed by atoms with van der Waals surface area (Å²) >= 11 is 0.952. The fraction of sp³-hybridized carbons (Fsp3) is 0.167. The molecule has 0 saturated heterocycles. The van der Waals surface area contributed by atoms with Gasteiger partial charge in [0.1, 0.15) is 17.4 Å². The van der Waals surface area contributed by atoms with Crippen LogP contribution in [0.3, 0.4) is 0 Å². The predicted octanol–water partition coefficient (Wildman–Crippen LogP) is 2.97. The molecule has 0 saturated carbocycles. The van der Waals surface area contributed by atoms with Crippen LogP contribution >= 0.6 is 11.8 Å². The van der Waals surface area contributed by atoms with Crippen LogP contribution in [0, 0.1) is 18.3 Å². The van der Waals surface area contributed by atoms with E-state index in [1.165, 1.54) is 6.92 Å². The van der Waals surface area contributed by atoms with Crippen LogP contribution < -0.4 is 0 Å². The van der Waals surface area contributed by atoms with E-state index in [2.05, 4.69) is 0 Å². The third-order valence-electron chi connectivity index (χ3n) is 1.97. The molecule has 3 nitrogen and oxygen atoms in total. The van der Waals surface area contributed by atoms with E-state index < -0.39 is 5.12 Å². The molecule has 0 heterocycles. The topological polar surface area (TPSA) is 61.1 Å². The van der Waals surface area contributed by atoms with Gasteiger partial charge in [-0.15, -0.1) is 0 Å². The summed E-state index contributed by atoms with van der Waals surface area (Å²) in [6.07, 6.45) is 0. The standard InChI is InChI=1S/C12H11NO2S/c1-8-5-3-4-6-11(8)16-12(15)10(7-13)9(2)14/h3-6,14H,1-2H3/b10-9-. The van der Waals surface area contributed by atoms with Crippen LogP contribution in [0.15, 0.2) is 40.5 Å². The smallest absolute Gasteiger partial charge is 0.238 e. The minimum Gasteiger partial charge on any atom is -0.511 e. The molecule has 16 heavy (non-hydrogen) atoms. The number of carbonyl (C=O) groups is 1. The lowest BCUT2D eigenvalue weighted by molar-refractivity contribution is -0.107. The molecule has 0 atom stereocenters. The van der Waals surface area contributed by atoms with Gasteiger partial charge >= 0.3 is 0 Å². The van der Waals surface area contributed by atoms with Crippen LogP contribution in [0.4, 0.5) is 0 Å². The molecule has 1 aromatic carbocycles. The van der Waals surface area contributed by atoms with Crippen molar-refractivity contribution in [3.05, 3.63) is 41.2 Å². The van der Waals surface area contributed by atoms with Gasteiger partial charge in [0.2, 0.25) is 5.12 Å². The first-order valence-electron chi connectivity index (χ1n) is 4.64. The molecule has 0 amide bonds. The number of hydrogen-bond donors (Lipinski definition) is 1. The van der Waals surface area contributed by atoms with E-state index in [1.807, 2.05) is 25.1 Å². The quantitative estimate of drug-likeness (QED) is 0.369. The van der Waals surface area contributed by atoms with E-state index in [4.69, 9.17) is 10.4 Å². The lowest BCUT2D eigenvalue weighted by atomic mass is 10.2. The highest BCUT2D eigenvalue weighted by molar-refractivity contribution is 8.14. The zero-order valence-corrected chi connectivity index (χ0v) is 9.84. The van der Waals surface area contributed by atoms with Gasteiger partial charge in [0, 0.05) is 4.90 Å². The lowest BCUT2D eigenvalue weighted by Gasteiger charge is -2.03. The summed E-state index contributed by atoms with van der Waals surface area (Å²) in [5.41, 5.74) is 0.766. The van der Waals surface area contributed by atoms with Gasteiger partial charge in [-0.1, -0.05) is 18.2 Å². The number of allylic oxidation sites excluding steroid dienone is 1. The maximum atomic E-state index is 11.7. The molecule has 1 N–H and O–H groups in total. The first kappa shape index (κ1) is 12.3. The minimum atomic E-state index is -0.434. The van der Waals surface area contributed by atoms with Crippen molar-refractivity contribution in [2.24, 2.45) is 0 Å². The molecule has 0 radical (unpaired) electrons. The Balaban J connectivity index is 2.93. The van der Waals surface area contributed by atoms with E-state index >= 15 is 0 Å². The van der Waals surface area contributed by atoms with Crippen LogP contribution in [0.1, 0.15) is 12.5 Å². The van der Waals surface area contributed by atoms with Crippen LogP contribution in [-0.2, 0) is 4.79 Å². The Morgan fingerprint density at radius 2 is 2.06 bits per heavy atom. The van der Waals surface area contributed by atoms with Crippen molar-refractivity contribution in [2.45, 2.75) is 18.7 Å². The second-order valence-corrected chi connectivity index (χ2v) is 4.24. The molecule has 0 aliphatic carbocycles. The third kappa shape index (κ3) is 2.88. The van der Waals surface area contributed by atoms with Crippen molar-refractivity contribution >= 4 is 16.9 Å². The van der Waals surface area contributed by atoms with Crippen molar-refractivity contribution in [1.29, 1.82) is 5.26 Å². The number of aliphatic hydroxyl groups excluding tert-OH is 1. The van der Waals surface area contributed by atoms with Crippen molar-refractivity contribution in [1.82, 2.24) is 0 Å². The highest BCUT2D eigenvalue weighted by Gasteiger charge is 2.14. The number of carbonyl (C=O) groups excluding carboxylic acids is 1. The van der Waals surface area contributed by atoms with Gasteiger partial charge < -0.3 is 5.11 Å². The molecule has 0 bridgehead atoms. The van der Waals surface area contributed by atoms with E-state index in [0.29, 0.717) is 0 Å². The summed E-state index contributed by atoms with van der Waals surface area (Å²) in [6, 6.07) is 9.09. The van der Waals surface area contributed by atoms with Crippen molar-refractivity contribution in [2.75, 3.05) is 0 Å². The monoisotopic (exact) mass is 233 g/mol. The maximum Gasteiger partial charge on any atom is 0.238 e. The molecular weight excluding hydrogens is 222 g/mol. The largest absolute Gasteiger partial charge is 0.511 e. The average molecular weight is 233 g/mol. The number of thioether (sulfide) groups is 1. The average Bonchev–Trinajstić information content (AvgIpc) is 2.22. The molecule has 0 aliphatic heterocycles. The summed E-state index contributed by atoms with van der Waals surface area (Å²) in [5.74, 6) is -0.242. The number of nitrogens with zero attached hydrogens (tertiary/aromatic N) is 1. The van der Waals surface area contributed by atoms with Crippen LogP contribution in [0.2, 0.25) is 0 Å². The summed E-state index contributed by atoms with van der Waals surface area (Å²) in [4.78, 5) is 12.5. The second kappa shape index (κ2) is 5.38. The molecule has 1 rings (SSSR count). The summed E-state index contributed by atoms with van der Waals surface area (Å²) in [5, 5.41) is 17.4. The Morgan fingerprint density at radius 1 is 1.44 bits per heavy atom. The van der Waals surface area contributed by atoms with Gasteiger partial charge in [-0.3, -0.25) is 4.79 Å². The highest BCUT2D eigenvalue weighted by atomic mass is 32.2. The Bertz CT molecular complexity index is 482. The third-order valence-corrected chi connectivity index (χ3v) is 3.04. The number of benzene rings is 1. The number of hydrogen-bond acceptors (Lipinski definition) is 4. The molecular formula is C12H11NO2S. The van der Waals surface area contributed by atoms with E-state index in [1.54, 1.807) is 12.1 Å². The van der Waals surface area contributed by atoms with E-state index in [-0.39, 0.29) is 11.3 Å². The molecule has 0 spiro atoms. The Kier molecular flexibility index (Phi) is 4.15. The first-order valence-corrected chi connectivity index (χ1v) is 5.45.